The van der Waals surface area contributed by atoms with Gasteiger partial charge in [-0.25, -0.2) is 4.98 Å². The number of pyridine rings is 1. The van der Waals surface area contributed by atoms with Crippen LogP contribution >= 0.6 is 23.2 Å². The van der Waals surface area contributed by atoms with Crippen LogP contribution in [-0.4, -0.2) is 10.9 Å². The molecule has 18 heavy (non-hydrogen) atoms. The van der Waals surface area contributed by atoms with Crippen molar-refractivity contribution >= 4 is 34.9 Å². The molecule has 2 rings (SSSR count). The van der Waals surface area contributed by atoms with Crippen molar-refractivity contribution in [3.8, 4) is 0 Å². The van der Waals surface area contributed by atoms with Gasteiger partial charge in [0.25, 0.3) is 5.91 Å². The number of anilines is 1. The summed E-state index contributed by atoms with van der Waals surface area (Å²) in [6.45, 7) is 1.82. The number of halogens is 2. The lowest BCUT2D eigenvalue weighted by atomic mass is 10.1. The Morgan fingerprint density at radius 3 is 2.72 bits per heavy atom. The van der Waals surface area contributed by atoms with Gasteiger partial charge in [-0.3, -0.25) is 4.79 Å². The zero-order valence-electron chi connectivity index (χ0n) is 9.58. The van der Waals surface area contributed by atoms with Crippen LogP contribution in [0.5, 0.6) is 0 Å². The Hall–Kier alpha value is -1.58. The lowest BCUT2D eigenvalue weighted by Crippen LogP contribution is -2.14. The van der Waals surface area contributed by atoms with Crippen molar-refractivity contribution in [2.75, 3.05) is 5.32 Å². The van der Waals surface area contributed by atoms with Crippen LogP contribution in [0.1, 0.15) is 15.9 Å². The second-order valence-corrected chi connectivity index (χ2v) is 4.59. The molecule has 3 nitrogen and oxygen atoms in total. The summed E-state index contributed by atoms with van der Waals surface area (Å²) >= 11 is 11.8. The first kappa shape index (κ1) is 12.9. The van der Waals surface area contributed by atoms with Crippen LogP contribution in [0.25, 0.3) is 0 Å². The second kappa shape index (κ2) is 5.38. The standard InChI is InChI=1S/C13H10Cl2N2O/c1-8-7-9(14)4-5-10(8)13(18)17-12-11(15)3-2-6-16-12/h2-7H,1H3,(H,16,17,18). The van der Waals surface area contributed by atoms with Crippen LogP contribution in [-0.2, 0) is 0 Å². The third kappa shape index (κ3) is 2.81. The van der Waals surface area contributed by atoms with E-state index in [9.17, 15) is 4.79 Å². The summed E-state index contributed by atoms with van der Waals surface area (Å²) < 4.78 is 0. The SMILES string of the molecule is Cc1cc(Cl)ccc1C(=O)Nc1ncccc1Cl. The number of carbonyl (C=O) groups is 1. The van der Waals surface area contributed by atoms with Crippen LogP contribution in [0.2, 0.25) is 10.0 Å². The van der Waals surface area contributed by atoms with E-state index in [-0.39, 0.29) is 5.91 Å². The third-order valence-electron chi connectivity index (χ3n) is 2.42. The number of hydrogen-bond acceptors (Lipinski definition) is 2. The molecule has 1 aromatic carbocycles. The maximum atomic E-state index is 12.0. The molecule has 0 saturated carbocycles. The molecule has 5 heteroatoms. The fraction of sp³-hybridized carbons (Fsp3) is 0.0769. The van der Waals surface area contributed by atoms with Gasteiger partial charge in [0.05, 0.1) is 5.02 Å². The highest BCUT2D eigenvalue weighted by molar-refractivity contribution is 6.33. The Morgan fingerprint density at radius 2 is 2.06 bits per heavy atom. The number of amides is 1. The molecule has 0 fully saturated rings. The van der Waals surface area contributed by atoms with Gasteiger partial charge in [-0.2, -0.15) is 0 Å². The van der Waals surface area contributed by atoms with Crippen molar-refractivity contribution in [2.45, 2.75) is 6.92 Å². The molecule has 92 valence electrons. The maximum Gasteiger partial charge on any atom is 0.257 e. The molecule has 1 N–H and O–H groups in total. The van der Waals surface area contributed by atoms with Gasteiger partial charge in [-0.1, -0.05) is 23.2 Å². The number of hydrogen-bond donors (Lipinski definition) is 1. The van der Waals surface area contributed by atoms with Crippen LogP contribution in [0.4, 0.5) is 5.82 Å². The van der Waals surface area contributed by atoms with Gasteiger partial charge in [-0.05, 0) is 42.8 Å². The molecule has 0 saturated heterocycles. The number of aryl methyl sites for hydroxylation is 1. The monoisotopic (exact) mass is 280 g/mol. The Bertz CT molecular complexity index is 599. The number of carbonyl (C=O) groups excluding carboxylic acids is 1. The van der Waals surface area contributed by atoms with Crippen LogP contribution in [0.15, 0.2) is 36.5 Å². The van der Waals surface area contributed by atoms with E-state index in [0.717, 1.165) is 5.56 Å². The number of nitrogens with one attached hydrogen (secondary N) is 1. The lowest BCUT2D eigenvalue weighted by molar-refractivity contribution is 0.102. The Labute approximate surface area is 115 Å². The normalized spacial score (nSPS) is 10.2. The van der Waals surface area contributed by atoms with Gasteiger partial charge in [0.15, 0.2) is 5.82 Å². The van der Waals surface area contributed by atoms with E-state index in [0.29, 0.717) is 21.4 Å². The van der Waals surface area contributed by atoms with E-state index >= 15 is 0 Å². The Balaban J connectivity index is 2.25. The molecular weight excluding hydrogens is 271 g/mol. The van der Waals surface area contributed by atoms with E-state index < -0.39 is 0 Å². The first-order valence-corrected chi connectivity index (χ1v) is 6.01. The van der Waals surface area contributed by atoms with Crippen molar-refractivity contribution in [3.63, 3.8) is 0 Å². The van der Waals surface area contributed by atoms with Gasteiger partial charge in [0.2, 0.25) is 0 Å². The van der Waals surface area contributed by atoms with Crippen LogP contribution in [0.3, 0.4) is 0 Å². The summed E-state index contributed by atoms with van der Waals surface area (Å²) in [7, 11) is 0. The Morgan fingerprint density at radius 1 is 1.28 bits per heavy atom. The smallest absolute Gasteiger partial charge is 0.257 e. The van der Waals surface area contributed by atoms with Crippen LogP contribution in [0, 0.1) is 6.92 Å². The second-order valence-electron chi connectivity index (χ2n) is 3.75. The van der Waals surface area contributed by atoms with Gasteiger partial charge >= 0.3 is 0 Å². The minimum atomic E-state index is -0.259. The van der Waals surface area contributed by atoms with Crippen molar-refractivity contribution in [1.29, 1.82) is 0 Å². The fourth-order valence-corrected chi connectivity index (χ4v) is 1.93. The summed E-state index contributed by atoms with van der Waals surface area (Å²) in [5, 5.41) is 3.66. The van der Waals surface area contributed by atoms with Gasteiger partial charge in [-0.15, -0.1) is 0 Å². The van der Waals surface area contributed by atoms with E-state index in [2.05, 4.69) is 10.3 Å². The molecule has 1 aromatic heterocycles. The minimum Gasteiger partial charge on any atom is -0.305 e. The molecule has 2 aromatic rings. The third-order valence-corrected chi connectivity index (χ3v) is 2.96. The zero-order chi connectivity index (χ0) is 13.1. The number of nitrogens with zero attached hydrogens (tertiary/aromatic N) is 1. The average molecular weight is 281 g/mol. The van der Waals surface area contributed by atoms with Gasteiger partial charge in [0.1, 0.15) is 0 Å². The average Bonchev–Trinajstić information content (AvgIpc) is 2.32. The largest absolute Gasteiger partial charge is 0.305 e. The molecule has 0 aliphatic heterocycles. The Kier molecular flexibility index (Phi) is 3.84. The van der Waals surface area contributed by atoms with E-state index in [4.69, 9.17) is 23.2 Å². The fourth-order valence-electron chi connectivity index (χ4n) is 1.53. The molecule has 0 aliphatic rings. The first-order chi connectivity index (χ1) is 8.58. The molecule has 0 unspecified atom stereocenters. The molecule has 0 atom stereocenters. The highest BCUT2D eigenvalue weighted by atomic mass is 35.5. The summed E-state index contributed by atoms with van der Waals surface area (Å²) in [6, 6.07) is 8.44. The zero-order valence-corrected chi connectivity index (χ0v) is 11.1. The van der Waals surface area contributed by atoms with Crippen molar-refractivity contribution < 1.29 is 4.79 Å². The topological polar surface area (TPSA) is 42.0 Å². The molecule has 1 amide bonds. The van der Waals surface area contributed by atoms with E-state index in [1.54, 1.807) is 36.5 Å². The summed E-state index contributed by atoms with van der Waals surface area (Å²) in [5.74, 6) is 0.0864. The van der Waals surface area contributed by atoms with Gasteiger partial charge < -0.3 is 5.32 Å². The van der Waals surface area contributed by atoms with Gasteiger partial charge in [0, 0.05) is 16.8 Å². The highest BCUT2D eigenvalue weighted by Gasteiger charge is 2.11. The molecule has 0 radical (unpaired) electrons. The number of aromatic nitrogens is 1. The van der Waals surface area contributed by atoms with E-state index in [1.165, 1.54) is 0 Å². The predicted molar refractivity (Wildman–Crippen MR) is 73.4 cm³/mol. The minimum absolute atomic E-state index is 0.259. The predicted octanol–water partition coefficient (Wildman–Crippen LogP) is 3.95. The van der Waals surface area contributed by atoms with Crippen molar-refractivity contribution in [3.05, 3.63) is 57.7 Å². The maximum absolute atomic E-state index is 12.0. The molecule has 0 aliphatic carbocycles. The lowest BCUT2D eigenvalue weighted by Gasteiger charge is -2.08. The first-order valence-electron chi connectivity index (χ1n) is 5.26. The molecule has 0 spiro atoms. The number of benzene rings is 1. The summed E-state index contributed by atoms with van der Waals surface area (Å²) in [4.78, 5) is 16.0. The molecule has 0 bridgehead atoms. The van der Waals surface area contributed by atoms with Crippen LogP contribution < -0.4 is 5.32 Å². The van der Waals surface area contributed by atoms with E-state index in [1.807, 2.05) is 6.92 Å². The number of rotatable bonds is 2. The van der Waals surface area contributed by atoms with Crippen molar-refractivity contribution in [1.82, 2.24) is 4.98 Å². The highest BCUT2D eigenvalue weighted by Crippen LogP contribution is 2.20. The molecule has 1 heterocycles. The summed E-state index contributed by atoms with van der Waals surface area (Å²) in [6.07, 6.45) is 1.57. The summed E-state index contributed by atoms with van der Waals surface area (Å²) in [5.41, 5.74) is 1.34. The quantitative estimate of drug-likeness (QED) is 0.905. The van der Waals surface area contributed by atoms with Crippen molar-refractivity contribution in [2.24, 2.45) is 0 Å². The molecular formula is C13H10Cl2N2O.